The average Bonchev–Trinajstić information content (AvgIpc) is 2.00. The highest BCUT2D eigenvalue weighted by atomic mass is 16.1. The number of nitrogens with one attached hydrogen (secondary N) is 1. The molecule has 0 fully saturated rings. The Morgan fingerprint density at radius 2 is 2.08 bits per heavy atom. The molecule has 1 aromatic rings. The molecule has 0 saturated heterocycles. The molecule has 0 amide bonds. The second-order valence-corrected chi connectivity index (χ2v) is 3.04. The van der Waals surface area contributed by atoms with Crippen LogP contribution in [0, 0.1) is 5.41 Å². The van der Waals surface area contributed by atoms with Crippen molar-refractivity contribution in [3.63, 3.8) is 0 Å². The number of hydrogen-bond acceptors (Lipinski definition) is 2. The first-order valence-electron chi connectivity index (χ1n) is 3.87. The van der Waals surface area contributed by atoms with Crippen LogP contribution in [-0.2, 0) is 7.05 Å². The minimum atomic E-state index is -0.141. The van der Waals surface area contributed by atoms with Crippen LogP contribution in [0.3, 0.4) is 0 Å². The maximum Gasteiger partial charge on any atom is 0.329 e. The van der Waals surface area contributed by atoms with Crippen molar-refractivity contribution in [1.29, 1.82) is 5.41 Å². The van der Waals surface area contributed by atoms with E-state index >= 15 is 0 Å². The van der Waals surface area contributed by atoms with Gasteiger partial charge in [-0.1, -0.05) is 0 Å². The molecule has 0 saturated carbocycles. The molecule has 0 bridgehead atoms. The fourth-order valence-electron chi connectivity index (χ4n) is 0.996. The van der Waals surface area contributed by atoms with Gasteiger partial charge in [0, 0.05) is 19.3 Å². The lowest BCUT2D eigenvalue weighted by Gasteiger charge is -2.10. The molecule has 0 radical (unpaired) electrons. The number of hydrogen-bond donors (Lipinski definition) is 1. The molecular formula is C8H13N3O. The fourth-order valence-corrected chi connectivity index (χ4v) is 0.996. The van der Waals surface area contributed by atoms with Crippen molar-refractivity contribution in [2.24, 2.45) is 7.05 Å². The molecule has 0 aliphatic carbocycles. The van der Waals surface area contributed by atoms with Gasteiger partial charge < -0.3 is 0 Å². The minimum absolute atomic E-state index is 0.141. The summed E-state index contributed by atoms with van der Waals surface area (Å²) < 4.78 is 2.91. The monoisotopic (exact) mass is 167 g/mol. The standard InChI is InChI=1S/C8H13N3O/c1-6(2)11-5-4-7(9)10(3)8(11)12/h4-6,9H,1-3H3. The van der Waals surface area contributed by atoms with Crippen molar-refractivity contribution in [2.45, 2.75) is 19.9 Å². The lowest BCUT2D eigenvalue weighted by molar-refractivity contribution is 0.528. The van der Waals surface area contributed by atoms with Gasteiger partial charge >= 0.3 is 5.69 Å². The third-order valence-corrected chi connectivity index (χ3v) is 1.82. The zero-order chi connectivity index (χ0) is 9.30. The largest absolute Gasteiger partial charge is 0.329 e. The normalized spacial score (nSPS) is 10.7. The lowest BCUT2D eigenvalue weighted by atomic mass is 10.4. The Balaban J connectivity index is 3.48. The summed E-state index contributed by atoms with van der Waals surface area (Å²) in [7, 11) is 1.60. The van der Waals surface area contributed by atoms with Crippen molar-refractivity contribution in [1.82, 2.24) is 9.13 Å². The molecular weight excluding hydrogens is 154 g/mol. The summed E-state index contributed by atoms with van der Waals surface area (Å²) in [6.45, 7) is 3.87. The van der Waals surface area contributed by atoms with E-state index < -0.39 is 0 Å². The number of rotatable bonds is 1. The van der Waals surface area contributed by atoms with Gasteiger partial charge in [0.05, 0.1) is 0 Å². The van der Waals surface area contributed by atoms with E-state index in [1.807, 2.05) is 13.8 Å². The Labute approximate surface area is 70.6 Å². The van der Waals surface area contributed by atoms with E-state index in [0.29, 0.717) is 0 Å². The quantitative estimate of drug-likeness (QED) is 0.640. The second kappa shape index (κ2) is 2.97. The van der Waals surface area contributed by atoms with Crippen LogP contribution in [0.5, 0.6) is 0 Å². The molecule has 1 aromatic heterocycles. The highest BCUT2D eigenvalue weighted by Gasteiger charge is 2.01. The van der Waals surface area contributed by atoms with Crippen molar-refractivity contribution in [3.8, 4) is 0 Å². The molecule has 1 N–H and O–H groups in total. The van der Waals surface area contributed by atoms with Gasteiger partial charge in [0.15, 0.2) is 0 Å². The third-order valence-electron chi connectivity index (χ3n) is 1.82. The van der Waals surface area contributed by atoms with Crippen LogP contribution < -0.4 is 11.2 Å². The van der Waals surface area contributed by atoms with Gasteiger partial charge in [-0.15, -0.1) is 0 Å². The molecule has 0 spiro atoms. The summed E-state index contributed by atoms with van der Waals surface area (Å²) in [5.41, 5.74) is 0.0920. The van der Waals surface area contributed by atoms with Crippen molar-refractivity contribution in [3.05, 3.63) is 28.2 Å². The molecule has 4 nitrogen and oxygen atoms in total. The van der Waals surface area contributed by atoms with Crippen LogP contribution in [0.2, 0.25) is 0 Å². The van der Waals surface area contributed by atoms with E-state index in [2.05, 4.69) is 0 Å². The Morgan fingerprint density at radius 1 is 1.50 bits per heavy atom. The lowest BCUT2D eigenvalue weighted by Crippen LogP contribution is -2.37. The van der Waals surface area contributed by atoms with Crippen LogP contribution in [0.4, 0.5) is 0 Å². The van der Waals surface area contributed by atoms with Gasteiger partial charge in [-0.2, -0.15) is 0 Å². The summed E-state index contributed by atoms with van der Waals surface area (Å²) >= 11 is 0. The summed E-state index contributed by atoms with van der Waals surface area (Å²) in [6, 6.07) is 1.76. The highest BCUT2D eigenvalue weighted by molar-refractivity contribution is 4.84. The summed E-state index contributed by atoms with van der Waals surface area (Å²) in [6.07, 6.45) is 1.65. The van der Waals surface area contributed by atoms with E-state index in [1.165, 1.54) is 4.57 Å². The van der Waals surface area contributed by atoms with Crippen LogP contribution in [0.25, 0.3) is 0 Å². The maximum atomic E-state index is 11.4. The molecule has 1 heterocycles. The topological polar surface area (TPSA) is 50.8 Å². The first-order chi connectivity index (χ1) is 5.54. The van der Waals surface area contributed by atoms with Crippen molar-refractivity contribution < 1.29 is 0 Å². The predicted molar refractivity (Wildman–Crippen MR) is 45.9 cm³/mol. The second-order valence-electron chi connectivity index (χ2n) is 3.04. The molecule has 0 unspecified atom stereocenters. The molecule has 12 heavy (non-hydrogen) atoms. The van der Waals surface area contributed by atoms with Crippen LogP contribution in [-0.4, -0.2) is 9.13 Å². The Hall–Kier alpha value is -1.32. The van der Waals surface area contributed by atoms with E-state index in [9.17, 15) is 4.79 Å². The molecule has 0 aliphatic heterocycles. The zero-order valence-electron chi connectivity index (χ0n) is 7.53. The van der Waals surface area contributed by atoms with E-state index in [1.54, 1.807) is 23.9 Å². The average molecular weight is 167 g/mol. The first kappa shape index (κ1) is 8.77. The van der Waals surface area contributed by atoms with Gasteiger partial charge in [-0.3, -0.25) is 14.5 Å². The van der Waals surface area contributed by atoms with Crippen LogP contribution >= 0.6 is 0 Å². The summed E-state index contributed by atoms with van der Waals surface area (Å²) in [4.78, 5) is 11.4. The summed E-state index contributed by atoms with van der Waals surface area (Å²) in [5.74, 6) is 0. The number of nitrogens with zero attached hydrogens (tertiary/aromatic N) is 2. The van der Waals surface area contributed by atoms with Gasteiger partial charge in [-0.05, 0) is 19.9 Å². The highest BCUT2D eigenvalue weighted by Crippen LogP contribution is 1.95. The SMILES string of the molecule is CC(C)n1ccc(=N)n(C)c1=O. The van der Waals surface area contributed by atoms with Crippen molar-refractivity contribution in [2.75, 3.05) is 0 Å². The van der Waals surface area contributed by atoms with E-state index in [4.69, 9.17) is 5.41 Å². The molecule has 4 heteroatoms. The Morgan fingerprint density at radius 3 is 2.58 bits per heavy atom. The summed E-state index contributed by atoms with van der Waals surface area (Å²) in [5, 5.41) is 7.35. The van der Waals surface area contributed by atoms with Gasteiger partial charge in [-0.25, -0.2) is 4.79 Å². The molecule has 0 aliphatic rings. The minimum Gasteiger partial charge on any atom is -0.298 e. The van der Waals surface area contributed by atoms with Gasteiger partial charge in [0.1, 0.15) is 5.49 Å². The molecule has 0 atom stereocenters. The Kier molecular flexibility index (Phi) is 2.17. The van der Waals surface area contributed by atoms with Crippen LogP contribution in [0.1, 0.15) is 19.9 Å². The third kappa shape index (κ3) is 1.32. The predicted octanol–water partition coefficient (Wildman–Crippen LogP) is 0.247. The molecule has 66 valence electrons. The molecule has 1 rings (SSSR count). The van der Waals surface area contributed by atoms with Gasteiger partial charge in [0.25, 0.3) is 0 Å². The van der Waals surface area contributed by atoms with E-state index in [-0.39, 0.29) is 17.2 Å². The van der Waals surface area contributed by atoms with E-state index in [0.717, 1.165) is 0 Å². The molecule has 0 aromatic carbocycles. The first-order valence-corrected chi connectivity index (χ1v) is 3.87. The van der Waals surface area contributed by atoms with Crippen molar-refractivity contribution >= 4 is 0 Å². The fraction of sp³-hybridized carbons (Fsp3) is 0.500. The Bertz CT molecular complexity index is 386. The smallest absolute Gasteiger partial charge is 0.298 e. The zero-order valence-corrected chi connectivity index (χ0v) is 7.53. The van der Waals surface area contributed by atoms with Gasteiger partial charge in [0.2, 0.25) is 0 Å². The maximum absolute atomic E-state index is 11.4. The van der Waals surface area contributed by atoms with Crippen LogP contribution in [0.15, 0.2) is 17.1 Å². The number of aromatic nitrogens is 2.